The number of carbonyl (C=O) groups is 6. The van der Waals surface area contributed by atoms with E-state index in [1.165, 1.54) is 18.7 Å². The second-order valence-electron chi connectivity index (χ2n) is 7.02. The van der Waals surface area contributed by atoms with Crippen LogP contribution in [0.3, 0.4) is 0 Å². The monoisotopic (exact) mass is 477 g/mol. The molecule has 0 aliphatic carbocycles. The second-order valence-corrected chi connectivity index (χ2v) is 8.00. The molecule has 4 atom stereocenters. The van der Waals surface area contributed by atoms with Gasteiger partial charge in [-0.1, -0.05) is 0 Å². The van der Waals surface area contributed by atoms with E-state index in [4.69, 9.17) is 16.6 Å². The minimum absolute atomic E-state index is 0.0221. The van der Waals surface area contributed by atoms with Gasteiger partial charge in [0, 0.05) is 12.8 Å². The normalized spacial score (nSPS) is 14.3. The van der Waals surface area contributed by atoms with E-state index in [-0.39, 0.29) is 25.7 Å². The van der Waals surface area contributed by atoms with Gasteiger partial charge in [-0.2, -0.15) is 11.8 Å². The maximum absolute atomic E-state index is 12.5. The van der Waals surface area contributed by atoms with Crippen molar-refractivity contribution in [2.45, 2.75) is 63.2 Å². The molecule has 0 aromatic heterocycles. The first-order valence-electron chi connectivity index (χ1n) is 9.77. The third-order valence-electron chi connectivity index (χ3n) is 4.30. The Labute approximate surface area is 189 Å². The summed E-state index contributed by atoms with van der Waals surface area (Å²) in [5.74, 6) is -5.03. The number of hydrogen-bond donors (Lipinski definition) is 7. The van der Waals surface area contributed by atoms with E-state index in [2.05, 4.69) is 16.0 Å². The van der Waals surface area contributed by atoms with Gasteiger partial charge < -0.3 is 37.6 Å². The zero-order valence-electron chi connectivity index (χ0n) is 18.0. The number of carboxylic acids is 2. The zero-order valence-corrected chi connectivity index (χ0v) is 18.8. The molecule has 4 amide bonds. The molecule has 32 heavy (non-hydrogen) atoms. The molecular weight excluding hydrogens is 446 g/mol. The summed E-state index contributed by atoms with van der Waals surface area (Å²) in [5, 5.41) is 25.1. The lowest BCUT2D eigenvalue weighted by Gasteiger charge is -2.23. The van der Waals surface area contributed by atoms with Crippen molar-refractivity contribution < 1.29 is 39.0 Å². The van der Waals surface area contributed by atoms with E-state index >= 15 is 0 Å². The molecule has 9 N–H and O–H groups in total. The van der Waals surface area contributed by atoms with Crippen LogP contribution < -0.4 is 27.4 Å². The number of amides is 4. The van der Waals surface area contributed by atoms with Crippen LogP contribution in [0.25, 0.3) is 0 Å². The summed E-state index contributed by atoms with van der Waals surface area (Å²) >= 11 is 1.39. The van der Waals surface area contributed by atoms with Crippen LogP contribution in [-0.2, 0) is 28.8 Å². The molecule has 0 spiro atoms. The highest BCUT2D eigenvalue weighted by Crippen LogP contribution is 2.05. The van der Waals surface area contributed by atoms with Gasteiger partial charge in [0.05, 0.1) is 6.04 Å². The molecule has 0 radical (unpaired) electrons. The van der Waals surface area contributed by atoms with E-state index in [0.29, 0.717) is 5.75 Å². The Bertz CT molecular complexity index is 705. The third kappa shape index (κ3) is 12.1. The van der Waals surface area contributed by atoms with Crippen LogP contribution in [-0.4, -0.2) is 82.0 Å². The van der Waals surface area contributed by atoms with Crippen LogP contribution in [0.4, 0.5) is 0 Å². The van der Waals surface area contributed by atoms with Crippen LogP contribution in [0.5, 0.6) is 0 Å². The summed E-state index contributed by atoms with van der Waals surface area (Å²) in [6.07, 6.45) is 1.02. The van der Waals surface area contributed by atoms with Gasteiger partial charge in [-0.3, -0.25) is 24.0 Å². The Morgan fingerprint density at radius 1 is 0.844 bits per heavy atom. The highest BCUT2D eigenvalue weighted by atomic mass is 32.2. The molecular formula is C18H31N5O8S. The summed E-state index contributed by atoms with van der Waals surface area (Å²) < 4.78 is 0. The lowest BCUT2D eigenvalue weighted by Crippen LogP contribution is -2.56. The van der Waals surface area contributed by atoms with Crippen molar-refractivity contribution in [2.75, 3.05) is 12.0 Å². The maximum atomic E-state index is 12.5. The van der Waals surface area contributed by atoms with Crippen LogP contribution in [0.2, 0.25) is 0 Å². The smallest absolute Gasteiger partial charge is 0.326 e. The van der Waals surface area contributed by atoms with Crippen molar-refractivity contribution in [3.8, 4) is 0 Å². The summed E-state index contributed by atoms with van der Waals surface area (Å²) in [6.45, 7) is 1.32. The van der Waals surface area contributed by atoms with Crippen LogP contribution in [0.15, 0.2) is 0 Å². The first kappa shape index (κ1) is 29.1. The standard InChI is InChI=1S/C18H31N5O8S/c1-9(21-16(28)10(19)3-5-13(20)24)15(27)22-11(4-6-14(25)26)17(29)23-12(18(30)31)7-8-32-2/h9-12H,3-8,19H2,1-2H3,(H2,20,24)(H,21,28)(H,22,27)(H,23,29)(H,25,26)(H,30,31). The number of nitrogens with one attached hydrogen (secondary N) is 3. The van der Waals surface area contributed by atoms with Crippen molar-refractivity contribution in [1.29, 1.82) is 0 Å². The summed E-state index contributed by atoms with van der Waals surface area (Å²) in [4.78, 5) is 70.0. The molecule has 14 heteroatoms. The van der Waals surface area contributed by atoms with E-state index in [1.807, 2.05) is 0 Å². The molecule has 4 unspecified atom stereocenters. The molecule has 0 aromatic rings. The minimum atomic E-state index is -1.34. The summed E-state index contributed by atoms with van der Waals surface area (Å²) in [5.41, 5.74) is 10.6. The average Bonchev–Trinajstić information content (AvgIpc) is 2.71. The largest absolute Gasteiger partial charge is 0.481 e. The first-order chi connectivity index (χ1) is 14.9. The number of hydrogen-bond acceptors (Lipinski definition) is 8. The Kier molecular flexibility index (Phi) is 13.7. The van der Waals surface area contributed by atoms with Gasteiger partial charge in [0.15, 0.2) is 0 Å². The third-order valence-corrected chi connectivity index (χ3v) is 4.94. The Hall–Kier alpha value is -2.87. The quantitative estimate of drug-likeness (QED) is 0.126. The Morgan fingerprint density at radius 2 is 1.44 bits per heavy atom. The van der Waals surface area contributed by atoms with Crippen LogP contribution in [0.1, 0.15) is 39.0 Å². The van der Waals surface area contributed by atoms with Gasteiger partial charge in [-0.15, -0.1) is 0 Å². The molecule has 0 heterocycles. The molecule has 0 aliphatic rings. The van der Waals surface area contributed by atoms with Gasteiger partial charge in [-0.25, -0.2) is 4.79 Å². The number of rotatable bonds is 16. The Morgan fingerprint density at radius 3 is 1.94 bits per heavy atom. The highest BCUT2D eigenvalue weighted by Gasteiger charge is 2.29. The fourth-order valence-electron chi connectivity index (χ4n) is 2.41. The fraction of sp³-hybridized carbons (Fsp3) is 0.667. The van der Waals surface area contributed by atoms with E-state index in [0.717, 1.165) is 0 Å². The molecule has 0 rings (SSSR count). The number of primary amides is 1. The van der Waals surface area contributed by atoms with E-state index in [1.54, 1.807) is 6.26 Å². The SMILES string of the molecule is CSCCC(NC(=O)C(CCC(=O)O)NC(=O)C(C)NC(=O)C(N)CCC(N)=O)C(=O)O. The van der Waals surface area contributed by atoms with E-state index < -0.39 is 66.2 Å². The lowest BCUT2D eigenvalue weighted by molar-refractivity contribution is -0.143. The minimum Gasteiger partial charge on any atom is -0.481 e. The highest BCUT2D eigenvalue weighted by molar-refractivity contribution is 7.98. The van der Waals surface area contributed by atoms with Crippen molar-refractivity contribution in [3.63, 3.8) is 0 Å². The van der Waals surface area contributed by atoms with Gasteiger partial charge in [0.1, 0.15) is 18.1 Å². The topological polar surface area (TPSA) is 231 Å². The lowest BCUT2D eigenvalue weighted by atomic mass is 10.1. The molecule has 0 fully saturated rings. The summed E-state index contributed by atoms with van der Waals surface area (Å²) in [7, 11) is 0. The van der Waals surface area contributed by atoms with E-state index in [9.17, 15) is 33.9 Å². The maximum Gasteiger partial charge on any atom is 0.326 e. The van der Waals surface area contributed by atoms with Crippen molar-refractivity contribution in [2.24, 2.45) is 11.5 Å². The number of aliphatic carboxylic acids is 2. The van der Waals surface area contributed by atoms with Gasteiger partial charge >= 0.3 is 11.9 Å². The van der Waals surface area contributed by atoms with Crippen molar-refractivity contribution in [3.05, 3.63) is 0 Å². The molecule has 0 saturated heterocycles. The zero-order chi connectivity index (χ0) is 24.8. The predicted molar refractivity (Wildman–Crippen MR) is 115 cm³/mol. The molecule has 13 nitrogen and oxygen atoms in total. The fourth-order valence-corrected chi connectivity index (χ4v) is 2.88. The van der Waals surface area contributed by atoms with Crippen molar-refractivity contribution >= 4 is 47.3 Å². The average molecular weight is 478 g/mol. The van der Waals surface area contributed by atoms with Gasteiger partial charge in [0.2, 0.25) is 23.6 Å². The van der Waals surface area contributed by atoms with Gasteiger partial charge in [-0.05, 0) is 38.2 Å². The predicted octanol–water partition coefficient (Wildman–Crippen LogP) is -2.24. The molecule has 0 saturated carbocycles. The number of thioether (sulfide) groups is 1. The summed E-state index contributed by atoms with van der Waals surface area (Å²) in [6, 6.07) is -4.78. The number of nitrogens with two attached hydrogens (primary N) is 2. The number of carboxylic acid groups (broad SMARTS) is 2. The van der Waals surface area contributed by atoms with Crippen LogP contribution >= 0.6 is 11.8 Å². The van der Waals surface area contributed by atoms with Crippen molar-refractivity contribution in [1.82, 2.24) is 16.0 Å². The molecule has 0 aromatic carbocycles. The molecule has 0 bridgehead atoms. The molecule has 182 valence electrons. The number of carbonyl (C=O) groups excluding carboxylic acids is 4. The Balaban J connectivity index is 5.10. The van der Waals surface area contributed by atoms with Gasteiger partial charge in [0.25, 0.3) is 0 Å². The first-order valence-corrected chi connectivity index (χ1v) is 11.2. The second kappa shape index (κ2) is 15.0. The molecule has 0 aliphatic heterocycles. The van der Waals surface area contributed by atoms with Crippen LogP contribution in [0, 0.1) is 0 Å².